The van der Waals surface area contributed by atoms with Gasteiger partial charge in [0.25, 0.3) is 0 Å². The molecule has 1 aromatic rings. The van der Waals surface area contributed by atoms with E-state index in [1.54, 1.807) is 6.92 Å². The minimum absolute atomic E-state index is 0.0209. The van der Waals surface area contributed by atoms with Crippen LogP contribution < -0.4 is 4.74 Å². The Morgan fingerprint density at radius 2 is 2.24 bits per heavy atom. The van der Waals surface area contributed by atoms with Gasteiger partial charge in [-0.3, -0.25) is 10.1 Å². The van der Waals surface area contributed by atoms with Crippen molar-refractivity contribution in [1.29, 1.82) is 0 Å². The molecule has 0 saturated carbocycles. The molecule has 0 radical (unpaired) electrons. The molecule has 92 valence electrons. The summed E-state index contributed by atoms with van der Waals surface area (Å²) in [6, 6.07) is 0.998. The van der Waals surface area contributed by atoms with E-state index >= 15 is 0 Å². The Labute approximate surface area is 107 Å². The number of nitrogens with zero attached hydrogens (tertiary/aromatic N) is 1. The van der Waals surface area contributed by atoms with E-state index in [9.17, 15) is 14.5 Å². The van der Waals surface area contributed by atoms with Crippen LogP contribution in [0.15, 0.2) is 12.3 Å². The molecule has 0 aromatic heterocycles. The Bertz CT molecular complexity index is 477. The van der Waals surface area contributed by atoms with Gasteiger partial charge in [0, 0.05) is 11.6 Å². The molecule has 0 fully saturated rings. The van der Waals surface area contributed by atoms with Crippen molar-refractivity contribution in [3.05, 3.63) is 43.8 Å². The molecule has 1 aromatic carbocycles. The van der Waals surface area contributed by atoms with E-state index in [0.29, 0.717) is 12.8 Å². The van der Waals surface area contributed by atoms with Gasteiger partial charge in [0.2, 0.25) is 6.20 Å². The molecule has 0 aliphatic carbocycles. The molecule has 0 aliphatic heterocycles. The third kappa shape index (κ3) is 3.31. The highest BCUT2D eigenvalue weighted by molar-refractivity contribution is 6.38. The normalized spacial score (nSPS) is 10.8. The summed E-state index contributed by atoms with van der Waals surface area (Å²) in [5, 5.41) is 10.1. The monoisotopic (exact) mass is 279 g/mol. The Kier molecular flexibility index (Phi) is 4.72. The number of ether oxygens (including phenoxy) is 1. The minimum atomic E-state index is -0.749. The fraction of sp³-hybridized carbons (Fsp3) is 0.200. The van der Waals surface area contributed by atoms with Crippen molar-refractivity contribution < 1.29 is 14.1 Å². The zero-order valence-corrected chi connectivity index (χ0v) is 10.3. The van der Waals surface area contributed by atoms with E-state index in [1.165, 1.54) is 0 Å². The lowest BCUT2D eigenvalue weighted by Crippen LogP contribution is -1.97. The number of halogens is 3. The summed E-state index contributed by atoms with van der Waals surface area (Å²) in [4.78, 5) is 9.45. The standard InChI is InChI=1S/C10H8Cl2FNO3/c1-2-17-10-7(11)5-8(13)6(9(10)12)3-4-14(15)16/h3-5H,2H2,1H3/b4-3+. The van der Waals surface area contributed by atoms with E-state index in [-0.39, 0.29) is 21.4 Å². The van der Waals surface area contributed by atoms with Gasteiger partial charge in [0.05, 0.1) is 21.6 Å². The van der Waals surface area contributed by atoms with Crippen LogP contribution in [-0.4, -0.2) is 11.5 Å². The maximum absolute atomic E-state index is 13.5. The third-order valence-electron chi connectivity index (χ3n) is 1.82. The van der Waals surface area contributed by atoms with Crippen LogP contribution in [0.25, 0.3) is 6.08 Å². The predicted octanol–water partition coefficient (Wildman–Crippen LogP) is 3.78. The summed E-state index contributed by atoms with van der Waals surface area (Å²) in [6.07, 6.45) is 1.55. The van der Waals surface area contributed by atoms with Crippen LogP contribution in [-0.2, 0) is 0 Å². The summed E-state index contributed by atoms with van der Waals surface area (Å²) in [5.74, 6) is -0.637. The SMILES string of the molecule is CCOc1c(Cl)cc(F)c(/C=C/[N+](=O)[O-])c1Cl. The molecule has 7 heteroatoms. The summed E-state index contributed by atoms with van der Waals surface area (Å²) >= 11 is 11.6. The molecular formula is C10H8Cl2FNO3. The van der Waals surface area contributed by atoms with Crippen molar-refractivity contribution in [1.82, 2.24) is 0 Å². The first-order chi connectivity index (χ1) is 7.97. The Morgan fingerprint density at radius 1 is 1.59 bits per heavy atom. The van der Waals surface area contributed by atoms with Gasteiger partial charge < -0.3 is 4.74 Å². The Hall–Kier alpha value is -1.33. The van der Waals surface area contributed by atoms with Crippen LogP contribution in [0.1, 0.15) is 12.5 Å². The zero-order valence-electron chi connectivity index (χ0n) is 8.75. The second-order valence-corrected chi connectivity index (χ2v) is 3.72. The van der Waals surface area contributed by atoms with Gasteiger partial charge >= 0.3 is 0 Å². The minimum Gasteiger partial charge on any atom is -0.491 e. The average Bonchev–Trinajstić information content (AvgIpc) is 2.23. The molecular weight excluding hydrogens is 272 g/mol. The van der Waals surface area contributed by atoms with E-state index in [2.05, 4.69) is 0 Å². The summed E-state index contributed by atoms with van der Waals surface area (Å²) < 4.78 is 18.6. The van der Waals surface area contributed by atoms with Crippen molar-refractivity contribution in [3.63, 3.8) is 0 Å². The van der Waals surface area contributed by atoms with Crippen LogP contribution >= 0.6 is 23.2 Å². The van der Waals surface area contributed by atoms with E-state index in [1.807, 2.05) is 0 Å². The van der Waals surface area contributed by atoms with Crippen molar-refractivity contribution >= 4 is 29.3 Å². The molecule has 0 N–H and O–H groups in total. The lowest BCUT2D eigenvalue weighted by Gasteiger charge is -2.10. The number of hydrogen-bond acceptors (Lipinski definition) is 3. The van der Waals surface area contributed by atoms with Gasteiger partial charge in [-0.15, -0.1) is 0 Å². The molecule has 0 spiro atoms. The van der Waals surface area contributed by atoms with Crippen LogP contribution in [0, 0.1) is 15.9 Å². The highest BCUT2D eigenvalue weighted by atomic mass is 35.5. The molecule has 1 rings (SSSR count). The largest absolute Gasteiger partial charge is 0.491 e. The third-order valence-corrected chi connectivity index (χ3v) is 2.47. The lowest BCUT2D eigenvalue weighted by molar-refractivity contribution is -0.400. The first-order valence-corrected chi connectivity index (χ1v) is 5.35. The molecule has 17 heavy (non-hydrogen) atoms. The van der Waals surface area contributed by atoms with Crippen molar-refractivity contribution in [2.75, 3.05) is 6.61 Å². The molecule has 0 aliphatic rings. The van der Waals surface area contributed by atoms with Crippen molar-refractivity contribution in [3.8, 4) is 5.75 Å². The first kappa shape index (κ1) is 13.7. The highest BCUT2D eigenvalue weighted by Crippen LogP contribution is 2.37. The van der Waals surface area contributed by atoms with Crippen molar-refractivity contribution in [2.24, 2.45) is 0 Å². The van der Waals surface area contributed by atoms with Gasteiger partial charge in [-0.2, -0.15) is 0 Å². The molecule has 0 amide bonds. The Morgan fingerprint density at radius 3 is 2.76 bits per heavy atom. The van der Waals surface area contributed by atoms with Gasteiger partial charge in [-0.25, -0.2) is 4.39 Å². The zero-order chi connectivity index (χ0) is 13.0. The molecule has 0 bridgehead atoms. The molecule has 0 saturated heterocycles. The number of hydrogen-bond donors (Lipinski definition) is 0. The first-order valence-electron chi connectivity index (χ1n) is 4.59. The van der Waals surface area contributed by atoms with Crippen molar-refractivity contribution in [2.45, 2.75) is 6.92 Å². The van der Waals surface area contributed by atoms with Crippen LogP contribution in [0.5, 0.6) is 5.75 Å². The maximum atomic E-state index is 13.5. The van der Waals surface area contributed by atoms with Gasteiger partial charge in [0.1, 0.15) is 5.82 Å². The average molecular weight is 280 g/mol. The van der Waals surface area contributed by atoms with Crippen LogP contribution in [0.3, 0.4) is 0 Å². The molecule has 0 atom stereocenters. The van der Waals surface area contributed by atoms with Gasteiger partial charge in [-0.1, -0.05) is 23.2 Å². The quantitative estimate of drug-likeness (QED) is 0.623. The summed E-state index contributed by atoms with van der Waals surface area (Å²) in [7, 11) is 0. The second kappa shape index (κ2) is 5.84. The maximum Gasteiger partial charge on any atom is 0.235 e. The number of nitro groups is 1. The smallest absolute Gasteiger partial charge is 0.235 e. The fourth-order valence-electron chi connectivity index (χ4n) is 1.15. The lowest BCUT2D eigenvalue weighted by atomic mass is 10.2. The number of rotatable bonds is 4. The molecule has 4 nitrogen and oxygen atoms in total. The topological polar surface area (TPSA) is 52.4 Å². The van der Waals surface area contributed by atoms with Crippen LogP contribution in [0.2, 0.25) is 10.0 Å². The van der Waals surface area contributed by atoms with E-state index in [0.717, 1.165) is 12.1 Å². The summed E-state index contributed by atoms with van der Waals surface area (Å²) in [6.45, 7) is 2.01. The molecule has 0 heterocycles. The summed E-state index contributed by atoms with van der Waals surface area (Å²) in [5.41, 5.74) is -0.129. The van der Waals surface area contributed by atoms with Gasteiger partial charge in [0.15, 0.2) is 5.75 Å². The second-order valence-electron chi connectivity index (χ2n) is 2.93. The van der Waals surface area contributed by atoms with E-state index < -0.39 is 10.7 Å². The highest BCUT2D eigenvalue weighted by Gasteiger charge is 2.16. The Balaban J connectivity index is 3.30. The fourth-order valence-corrected chi connectivity index (χ4v) is 1.75. The van der Waals surface area contributed by atoms with Gasteiger partial charge in [-0.05, 0) is 13.0 Å². The molecule has 0 unspecified atom stereocenters. The van der Waals surface area contributed by atoms with E-state index in [4.69, 9.17) is 27.9 Å². The predicted molar refractivity (Wildman–Crippen MR) is 63.6 cm³/mol. The van der Waals surface area contributed by atoms with Crippen LogP contribution in [0.4, 0.5) is 4.39 Å². The number of benzene rings is 1.